The molecule has 1 N–H and O–H groups in total. The highest BCUT2D eigenvalue weighted by Gasteiger charge is 2.34. The van der Waals surface area contributed by atoms with Crippen LogP contribution in [-0.2, 0) is 14.8 Å². The van der Waals surface area contributed by atoms with E-state index in [1.807, 2.05) is 6.92 Å². The van der Waals surface area contributed by atoms with Crippen molar-refractivity contribution in [1.29, 1.82) is 0 Å². The minimum absolute atomic E-state index is 0.116. The Hall–Kier alpha value is -2.20. The predicted octanol–water partition coefficient (Wildman–Crippen LogP) is 1.73. The van der Waals surface area contributed by atoms with E-state index in [9.17, 15) is 23.3 Å². The Kier molecular flexibility index (Phi) is 6.77. The fourth-order valence-electron chi connectivity index (χ4n) is 3.33. The van der Waals surface area contributed by atoms with Crippen molar-refractivity contribution in [2.24, 2.45) is 0 Å². The van der Waals surface area contributed by atoms with Crippen molar-refractivity contribution in [2.75, 3.05) is 31.1 Å². The van der Waals surface area contributed by atoms with Gasteiger partial charge in [-0.15, -0.1) is 0 Å². The lowest BCUT2D eigenvalue weighted by Gasteiger charge is -2.36. The molecule has 150 valence electrons. The molecule has 1 amide bonds. The zero-order chi connectivity index (χ0) is 20.2. The highest BCUT2D eigenvalue weighted by molar-refractivity contribution is 7.89. The number of nitrogens with zero attached hydrogens (tertiary/aromatic N) is 3. The maximum Gasteiger partial charge on any atom is 0.293 e. The van der Waals surface area contributed by atoms with Crippen LogP contribution >= 0.6 is 0 Å². The van der Waals surface area contributed by atoms with E-state index in [2.05, 4.69) is 5.32 Å². The maximum absolute atomic E-state index is 12.7. The molecular formula is C17H26N4O5S. The Morgan fingerprint density at radius 2 is 1.96 bits per heavy atom. The lowest BCUT2D eigenvalue weighted by atomic mass is 10.1. The average Bonchev–Trinajstić information content (AvgIpc) is 2.63. The molecule has 0 bridgehead atoms. The summed E-state index contributed by atoms with van der Waals surface area (Å²) in [6, 6.07) is 3.41. The molecule has 27 heavy (non-hydrogen) atoms. The molecule has 0 saturated carbocycles. The minimum Gasteiger partial charge on any atom is -0.353 e. The van der Waals surface area contributed by atoms with Gasteiger partial charge in [-0.1, -0.05) is 27.2 Å². The third kappa shape index (κ3) is 4.22. The smallest absolute Gasteiger partial charge is 0.293 e. The van der Waals surface area contributed by atoms with Crippen LogP contribution in [0.4, 0.5) is 11.4 Å². The number of carbonyl (C=O) groups is 1. The summed E-state index contributed by atoms with van der Waals surface area (Å²) in [6.07, 6.45) is 1.30. The SMILES string of the molecule is CCC[C@H]1C(=O)NCCN1c1ccc(S(=O)(=O)N(CC)CC)cc1[N+](=O)[O-]. The number of hydrogen-bond acceptors (Lipinski definition) is 6. The van der Waals surface area contributed by atoms with Gasteiger partial charge in [-0.25, -0.2) is 8.42 Å². The van der Waals surface area contributed by atoms with Crippen molar-refractivity contribution in [3.05, 3.63) is 28.3 Å². The summed E-state index contributed by atoms with van der Waals surface area (Å²) >= 11 is 0. The molecule has 9 nitrogen and oxygen atoms in total. The molecule has 10 heteroatoms. The van der Waals surface area contributed by atoms with Crippen LogP contribution in [0, 0.1) is 10.1 Å². The monoisotopic (exact) mass is 398 g/mol. The van der Waals surface area contributed by atoms with E-state index in [-0.39, 0.29) is 35.3 Å². The van der Waals surface area contributed by atoms with Gasteiger partial charge >= 0.3 is 0 Å². The van der Waals surface area contributed by atoms with Crippen LogP contribution in [0.5, 0.6) is 0 Å². The molecule has 1 aromatic carbocycles. The van der Waals surface area contributed by atoms with E-state index in [1.54, 1.807) is 18.7 Å². The zero-order valence-electron chi connectivity index (χ0n) is 15.8. The molecule has 1 aliphatic rings. The molecular weight excluding hydrogens is 372 g/mol. The lowest BCUT2D eigenvalue weighted by Crippen LogP contribution is -2.55. The van der Waals surface area contributed by atoms with Crippen LogP contribution in [0.2, 0.25) is 0 Å². The van der Waals surface area contributed by atoms with Gasteiger partial charge in [0, 0.05) is 32.2 Å². The number of rotatable bonds is 8. The van der Waals surface area contributed by atoms with Crippen molar-refractivity contribution in [3.8, 4) is 0 Å². The molecule has 1 fully saturated rings. The quantitative estimate of drug-likeness (QED) is 0.527. The van der Waals surface area contributed by atoms with Gasteiger partial charge in [0.1, 0.15) is 11.7 Å². The molecule has 1 atom stereocenters. The van der Waals surface area contributed by atoms with Gasteiger partial charge in [0.2, 0.25) is 15.9 Å². The number of benzene rings is 1. The number of nitrogens with one attached hydrogen (secondary N) is 1. The van der Waals surface area contributed by atoms with Gasteiger partial charge < -0.3 is 10.2 Å². The molecule has 2 rings (SSSR count). The molecule has 1 aliphatic heterocycles. The average molecular weight is 398 g/mol. The summed E-state index contributed by atoms with van der Waals surface area (Å²) < 4.78 is 26.7. The topological polar surface area (TPSA) is 113 Å². The highest BCUT2D eigenvalue weighted by atomic mass is 32.2. The van der Waals surface area contributed by atoms with E-state index < -0.39 is 21.0 Å². The van der Waals surface area contributed by atoms with Gasteiger partial charge in [0.25, 0.3) is 5.69 Å². The van der Waals surface area contributed by atoms with Crippen molar-refractivity contribution < 1.29 is 18.1 Å². The first-order valence-electron chi connectivity index (χ1n) is 9.10. The van der Waals surface area contributed by atoms with Gasteiger partial charge in [-0.2, -0.15) is 4.31 Å². The van der Waals surface area contributed by atoms with Crippen LogP contribution in [0.1, 0.15) is 33.6 Å². The molecule has 0 aliphatic carbocycles. The molecule has 0 spiro atoms. The van der Waals surface area contributed by atoms with Crippen LogP contribution in [0.3, 0.4) is 0 Å². The van der Waals surface area contributed by atoms with Crippen LogP contribution < -0.4 is 10.2 Å². The minimum atomic E-state index is -3.81. The summed E-state index contributed by atoms with van der Waals surface area (Å²) in [7, 11) is -3.81. The molecule has 1 heterocycles. The number of piperazine rings is 1. The summed E-state index contributed by atoms with van der Waals surface area (Å²) in [6.45, 7) is 6.73. The first-order chi connectivity index (χ1) is 12.8. The van der Waals surface area contributed by atoms with E-state index in [1.165, 1.54) is 16.4 Å². The second kappa shape index (κ2) is 8.66. The number of anilines is 1. The summed E-state index contributed by atoms with van der Waals surface area (Å²) in [5.74, 6) is -0.169. The predicted molar refractivity (Wildman–Crippen MR) is 102 cm³/mol. The first kappa shape index (κ1) is 21.1. The second-order valence-electron chi connectivity index (χ2n) is 6.29. The molecule has 0 radical (unpaired) electrons. The standard InChI is InChI=1S/C17H26N4O5S/c1-4-7-15-17(22)18-10-11-20(15)14-9-8-13(12-16(14)21(23)24)27(25,26)19(5-2)6-3/h8-9,12,15H,4-7,10-11H2,1-3H3,(H,18,22)/t15-/m0/s1. The number of nitro groups is 1. The number of sulfonamides is 1. The third-order valence-corrected chi connectivity index (χ3v) is 6.74. The molecule has 1 aromatic rings. The maximum atomic E-state index is 12.7. The lowest BCUT2D eigenvalue weighted by molar-refractivity contribution is -0.384. The largest absolute Gasteiger partial charge is 0.353 e. The number of hydrogen-bond donors (Lipinski definition) is 1. The molecule has 0 unspecified atom stereocenters. The fourth-order valence-corrected chi connectivity index (χ4v) is 4.81. The molecule has 0 aromatic heterocycles. The Morgan fingerprint density at radius 1 is 1.30 bits per heavy atom. The van der Waals surface area contributed by atoms with Crippen molar-refractivity contribution in [3.63, 3.8) is 0 Å². The van der Waals surface area contributed by atoms with Gasteiger partial charge in [-0.05, 0) is 18.6 Å². The normalized spacial score (nSPS) is 17.9. The number of nitro benzene ring substituents is 1. The molecule has 1 saturated heterocycles. The van der Waals surface area contributed by atoms with E-state index in [4.69, 9.17) is 0 Å². The van der Waals surface area contributed by atoms with Crippen molar-refractivity contribution in [2.45, 2.75) is 44.6 Å². The van der Waals surface area contributed by atoms with Crippen LogP contribution in [0.15, 0.2) is 23.1 Å². The Bertz CT molecular complexity index is 808. The highest BCUT2D eigenvalue weighted by Crippen LogP contribution is 2.34. The van der Waals surface area contributed by atoms with E-state index >= 15 is 0 Å². The Morgan fingerprint density at radius 3 is 2.52 bits per heavy atom. The number of carbonyl (C=O) groups excluding carboxylic acids is 1. The second-order valence-corrected chi connectivity index (χ2v) is 8.22. The van der Waals surface area contributed by atoms with Gasteiger partial charge in [-0.3, -0.25) is 14.9 Å². The zero-order valence-corrected chi connectivity index (χ0v) is 16.7. The van der Waals surface area contributed by atoms with Crippen molar-refractivity contribution in [1.82, 2.24) is 9.62 Å². The Balaban J connectivity index is 2.53. The third-order valence-electron chi connectivity index (χ3n) is 4.69. The summed E-state index contributed by atoms with van der Waals surface area (Å²) in [5, 5.41) is 14.4. The summed E-state index contributed by atoms with van der Waals surface area (Å²) in [5.41, 5.74) is -0.0363. The number of amides is 1. The van der Waals surface area contributed by atoms with Crippen LogP contribution in [-0.4, -0.2) is 55.8 Å². The van der Waals surface area contributed by atoms with Crippen molar-refractivity contribution >= 4 is 27.3 Å². The Labute approximate surface area is 159 Å². The van der Waals surface area contributed by atoms with E-state index in [0.29, 0.717) is 19.5 Å². The van der Waals surface area contributed by atoms with Gasteiger partial charge in [0.15, 0.2) is 0 Å². The first-order valence-corrected chi connectivity index (χ1v) is 10.5. The van der Waals surface area contributed by atoms with Gasteiger partial charge in [0.05, 0.1) is 9.82 Å². The summed E-state index contributed by atoms with van der Waals surface area (Å²) in [4.78, 5) is 24.9. The fraction of sp³-hybridized carbons (Fsp3) is 0.588. The van der Waals surface area contributed by atoms with E-state index in [0.717, 1.165) is 12.5 Å². The van der Waals surface area contributed by atoms with Crippen LogP contribution in [0.25, 0.3) is 0 Å².